The van der Waals surface area contributed by atoms with Crippen molar-refractivity contribution in [2.75, 3.05) is 0 Å². The molecule has 0 heterocycles. The number of carbonyl (C=O) groups is 2. The molecule has 0 unspecified atom stereocenters. The zero-order valence-corrected chi connectivity index (χ0v) is 19.2. The summed E-state index contributed by atoms with van der Waals surface area (Å²) in [5.74, 6) is -1.16. The van der Waals surface area contributed by atoms with Gasteiger partial charge in [0.1, 0.15) is 12.4 Å². The number of hydrazone groups is 1. The maximum Gasteiger partial charge on any atom is 0.335 e. The summed E-state index contributed by atoms with van der Waals surface area (Å²) < 4.78 is 5.89. The lowest BCUT2D eigenvalue weighted by atomic mass is 9.85. The van der Waals surface area contributed by atoms with Crippen molar-refractivity contribution < 1.29 is 24.5 Å². The molecule has 0 aliphatic rings. The molecule has 0 radical (unpaired) electrons. The zero-order valence-electron chi connectivity index (χ0n) is 19.2. The predicted molar refractivity (Wildman–Crippen MR) is 136 cm³/mol. The summed E-state index contributed by atoms with van der Waals surface area (Å²) in [5.41, 5.74) is 2.98. The molecule has 1 amide bonds. The van der Waals surface area contributed by atoms with E-state index >= 15 is 0 Å². The van der Waals surface area contributed by atoms with Crippen LogP contribution in [0.1, 0.15) is 32.6 Å². The largest absolute Gasteiger partial charge is 0.488 e. The van der Waals surface area contributed by atoms with Crippen LogP contribution in [0.5, 0.6) is 5.75 Å². The van der Waals surface area contributed by atoms with Gasteiger partial charge >= 0.3 is 5.97 Å². The number of nitrogens with one attached hydrogen (secondary N) is 1. The lowest BCUT2D eigenvalue weighted by molar-refractivity contribution is -0.136. The highest BCUT2D eigenvalue weighted by atomic mass is 16.5. The van der Waals surface area contributed by atoms with Gasteiger partial charge in [-0.05, 0) is 41.0 Å². The van der Waals surface area contributed by atoms with Crippen molar-refractivity contribution >= 4 is 18.1 Å². The first-order valence-corrected chi connectivity index (χ1v) is 11.2. The summed E-state index contributed by atoms with van der Waals surface area (Å²) in [6.45, 7) is 0.221. The Morgan fingerprint density at radius 3 is 1.94 bits per heavy atom. The van der Waals surface area contributed by atoms with Gasteiger partial charge in [-0.1, -0.05) is 84.9 Å². The Bertz CT molecular complexity index is 1310. The molecular formula is C29H24N2O5. The number of amides is 1. The number of hydrogen-bond donors (Lipinski definition) is 3. The Hall–Kier alpha value is -4.75. The van der Waals surface area contributed by atoms with E-state index in [-0.39, 0.29) is 12.2 Å². The highest BCUT2D eigenvalue weighted by molar-refractivity contribution is 5.91. The van der Waals surface area contributed by atoms with Crippen molar-refractivity contribution in [3.05, 3.63) is 137 Å². The first-order chi connectivity index (χ1) is 17.5. The second kappa shape index (κ2) is 11.1. The molecule has 7 nitrogen and oxygen atoms in total. The number of ether oxygens (including phenoxy) is 1. The van der Waals surface area contributed by atoms with Crippen LogP contribution >= 0.6 is 0 Å². The predicted octanol–water partition coefficient (Wildman–Crippen LogP) is 4.35. The summed E-state index contributed by atoms with van der Waals surface area (Å²) >= 11 is 0. The highest BCUT2D eigenvalue weighted by Gasteiger charge is 2.39. The van der Waals surface area contributed by atoms with Crippen molar-refractivity contribution in [3.63, 3.8) is 0 Å². The maximum absolute atomic E-state index is 13.2. The summed E-state index contributed by atoms with van der Waals surface area (Å²) in [5, 5.41) is 24.6. The average Bonchev–Trinajstić information content (AvgIpc) is 2.93. The van der Waals surface area contributed by atoms with E-state index in [0.717, 1.165) is 5.56 Å². The first kappa shape index (κ1) is 24.4. The minimum absolute atomic E-state index is 0.202. The van der Waals surface area contributed by atoms with Crippen molar-refractivity contribution in [2.45, 2.75) is 12.2 Å². The molecular weight excluding hydrogens is 456 g/mol. The number of para-hydroxylation sites is 1. The van der Waals surface area contributed by atoms with Crippen LogP contribution in [0.2, 0.25) is 0 Å². The van der Waals surface area contributed by atoms with E-state index in [1.54, 1.807) is 72.8 Å². The number of benzene rings is 4. The van der Waals surface area contributed by atoms with Crippen LogP contribution in [0.3, 0.4) is 0 Å². The Balaban J connectivity index is 1.49. The van der Waals surface area contributed by atoms with Gasteiger partial charge in [-0.3, -0.25) is 4.79 Å². The van der Waals surface area contributed by atoms with Gasteiger partial charge in [0.05, 0.1) is 11.8 Å². The molecule has 0 aliphatic carbocycles. The smallest absolute Gasteiger partial charge is 0.335 e. The molecule has 0 atom stereocenters. The Labute approximate surface area is 208 Å². The fraction of sp³-hybridized carbons (Fsp3) is 0.0690. The zero-order chi connectivity index (χ0) is 25.4. The van der Waals surface area contributed by atoms with Crippen molar-refractivity contribution in [1.29, 1.82) is 0 Å². The monoisotopic (exact) mass is 480 g/mol. The van der Waals surface area contributed by atoms with E-state index in [4.69, 9.17) is 9.84 Å². The lowest BCUT2D eigenvalue weighted by Crippen LogP contribution is -2.43. The minimum Gasteiger partial charge on any atom is -0.488 e. The normalized spacial score (nSPS) is 11.2. The van der Waals surface area contributed by atoms with Crippen LogP contribution in [-0.4, -0.2) is 28.3 Å². The molecule has 0 saturated carbocycles. The van der Waals surface area contributed by atoms with E-state index < -0.39 is 17.5 Å². The maximum atomic E-state index is 13.2. The molecule has 3 N–H and O–H groups in total. The molecule has 7 heteroatoms. The number of carboxylic acid groups (broad SMARTS) is 1. The number of nitrogens with zero attached hydrogens (tertiary/aromatic N) is 1. The third kappa shape index (κ3) is 5.48. The first-order valence-electron chi connectivity index (χ1n) is 11.2. The van der Waals surface area contributed by atoms with Gasteiger partial charge in [0.15, 0.2) is 5.60 Å². The van der Waals surface area contributed by atoms with Gasteiger partial charge in [0.2, 0.25) is 0 Å². The van der Waals surface area contributed by atoms with Gasteiger partial charge in [-0.25, -0.2) is 10.2 Å². The third-order valence-electron chi connectivity index (χ3n) is 5.60. The van der Waals surface area contributed by atoms with E-state index in [1.807, 2.05) is 24.3 Å². The molecule has 0 aliphatic heterocycles. The molecule has 0 aromatic heterocycles. The Morgan fingerprint density at radius 2 is 1.36 bits per heavy atom. The van der Waals surface area contributed by atoms with Crippen molar-refractivity contribution in [3.8, 4) is 5.75 Å². The van der Waals surface area contributed by atoms with Gasteiger partial charge in [0.25, 0.3) is 5.91 Å². The molecule has 0 saturated heterocycles. The van der Waals surface area contributed by atoms with Crippen LogP contribution in [0.25, 0.3) is 0 Å². The van der Waals surface area contributed by atoms with Gasteiger partial charge in [-0.15, -0.1) is 0 Å². The molecule has 0 fully saturated rings. The number of rotatable bonds is 9. The molecule has 36 heavy (non-hydrogen) atoms. The van der Waals surface area contributed by atoms with Crippen LogP contribution in [-0.2, 0) is 17.0 Å². The second-order valence-corrected chi connectivity index (χ2v) is 7.97. The number of aliphatic hydroxyl groups is 1. The fourth-order valence-electron chi connectivity index (χ4n) is 3.65. The molecule has 0 bridgehead atoms. The Morgan fingerprint density at radius 1 is 0.806 bits per heavy atom. The molecule has 180 valence electrons. The molecule has 4 aromatic carbocycles. The van der Waals surface area contributed by atoms with Gasteiger partial charge in [-0.2, -0.15) is 5.10 Å². The van der Waals surface area contributed by atoms with Crippen molar-refractivity contribution in [1.82, 2.24) is 5.43 Å². The lowest BCUT2D eigenvalue weighted by Gasteiger charge is -2.27. The van der Waals surface area contributed by atoms with Gasteiger partial charge < -0.3 is 14.9 Å². The highest BCUT2D eigenvalue weighted by Crippen LogP contribution is 2.30. The van der Waals surface area contributed by atoms with E-state index in [2.05, 4.69) is 10.5 Å². The number of hydrogen-bond acceptors (Lipinski definition) is 5. The molecule has 4 aromatic rings. The molecule has 4 rings (SSSR count). The van der Waals surface area contributed by atoms with Gasteiger partial charge in [0, 0.05) is 5.56 Å². The molecule has 0 spiro atoms. The quantitative estimate of drug-likeness (QED) is 0.244. The average molecular weight is 481 g/mol. The van der Waals surface area contributed by atoms with Crippen molar-refractivity contribution in [2.24, 2.45) is 5.10 Å². The Kier molecular flexibility index (Phi) is 7.53. The third-order valence-corrected chi connectivity index (χ3v) is 5.60. The standard InChI is InChI=1S/C29H24N2O5/c32-27(33)22-17-15-21(16-18-22)20-36-26-14-8-7-9-23(26)19-30-31-28(34)29(35,24-10-3-1-4-11-24)25-12-5-2-6-13-25/h1-19,35H,20H2,(H,31,34)(H,32,33)/b30-19-. The van der Waals surface area contributed by atoms with Crippen LogP contribution in [0.4, 0.5) is 0 Å². The van der Waals surface area contributed by atoms with E-state index in [1.165, 1.54) is 18.3 Å². The summed E-state index contributed by atoms with van der Waals surface area (Å²) in [4.78, 5) is 24.2. The van der Waals surface area contributed by atoms with E-state index in [9.17, 15) is 14.7 Å². The van der Waals surface area contributed by atoms with Crippen LogP contribution in [0.15, 0.2) is 114 Å². The number of carbonyl (C=O) groups excluding carboxylic acids is 1. The second-order valence-electron chi connectivity index (χ2n) is 7.97. The van der Waals surface area contributed by atoms with E-state index in [0.29, 0.717) is 22.4 Å². The number of carboxylic acids is 1. The van der Waals surface area contributed by atoms with Crippen LogP contribution < -0.4 is 10.2 Å². The summed E-state index contributed by atoms with van der Waals surface area (Å²) in [6, 6.07) is 30.9. The SMILES string of the molecule is O=C(O)c1ccc(COc2ccccc2/C=N\NC(=O)C(O)(c2ccccc2)c2ccccc2)cc1. The number of aromatic carboxylic acids is 1. The van der Waals surface area contributed by atoms with Crippen LogP contribution in [0, 0.1) is 0 Å². The fourth-order valence-corrected chi connectivity index (χ4v) is 3.65. The summed E-state index contributed by atoms with van der Waals surface area (Å²) in [7, 11) is 0. The summed E-state index contributed by atoms with van der Waals surface area (Å²) in [6.07, 6.45) is 1.44. The topological polar surface area (TPSA) is 108 Å². The minimum atomic E-state index is -1.93.